The highest BCUT2D eigenvalue weighted by atomic mass is 32.1. The van der Waals surface area contributed by atoms with Crippen molar-refractivity contribution in [2.75, 3.05) is 0 Å². The molecule has 12 rings (SSSR count). The Balaban J connectivity index is 1.05. The van der Waals surface area contributed by atoms with Crippen LogP contribution in [-0.4, -0.2) is 15.0 Å². The Bertz CT molecular complexity index is 3430. The topological polar surface area (TPSA) is 51.8 Å². The van der Waals surface area contributed by atoms with Crippen LogP contribution in [0.15, 0.2) is 180 Å². The van der Waals surface area contributed by atoms with Gasteiger partial charge in [-0.2, -0.15) is 0 Å². The zero-order chi connectivity index (χ0) is 37.5. The zero-order valence-corrected chi connectivity index (χ0v) is 31.9. The van der Waals surface area contributed by atoms with Gasteiger partial charge < -0.3 is 4.42 Å². The van der Waals surface area contributed by atoms with Crippen molar-refractivity contribution in [3.63, 3.8) is 0 Å². The minimum absolute atomic E-state index is 0.635. The number of rotatable bonds is 5. The van der Waals surface area contributed by atoms with Gasteiger partial charge in [0.25, 0.3) is 0 Å². The molecular formula is C51H29N3OS2. The molecule has 4 nitrogen and oxygen atoms in total. The summed E-state index contributed by atoms with van der Waals surface area (Å²) in [7, 11) is 0. The third-order valence-corrected chi connectivity index (χ3v) is 13.2. The Morgan fingerprint density at radius 2 is 0.772 bits per heavy atom. The van der Waals surface area contributed by atoms with E-state index in [1.807, 2.05) is 18.2 Å². The van der Waals surface area contributed by atoms with Gasteiger partial charge in [0, 0.05) is 67.8 Å². The average Bonchev–Trinajstić information content (AvgIpc) is 3.98. The summed E-state index contributed by atoms with van der Waals surface area (Å²) in [4.78, 5) is 15.9. The largest absolute Gasteiger partial charge is 0.456 e. The van der Waals surface area contributed by atoms with E-state index in [2.05, 4.69) is 158 Å². The van der Waals surface area contributed by atoms with Crippen LogP contribution < -0.4 is 0 Å². The first-order chi connectivity index (χ1) is 28.2. The average molecular weight is 764 g/mol. The normalized spacial score (nSPS) is 11.9. The van der Waals surface area contributed by atoms with E-state index in [1.165, 1.54) is 40.3 Å². The van der Waals surface area contributed by atoms with Gasteiger partial charge in [-0.25, -0.2) is 15.0 Å². The molecule has 0 atom stereocenters. The van der Waals surface area contributed by atoms with E-state index >= 15 is 0 Å². The van der Waals surface area contributed by atoms with Crippen molar-refractivity contribution in [3.05, 3.63) is 176 Å². The van der Waals surface area contributed by atoms with Crippen molar-refractivity contribution in [1.82, 2.24) is 15.0 Å². The molecule has 0 saturated heterocycles. The SMILES string of the molecule is c1cc(-c2cccc(-c3cccc4oc5ccccc5c34)c2)cc(-c2nc(-c3cccc4sc5ccccc5c34)nc(-c3cccc4sc5ccccc5c34)n2)c1. The first-order valence-electron chi connectivity index (χ1n) is 18.9. The molecule has 0 aliphatic rings. The molecule has 4 aromatic heterocycles. The molecule has 0 aliphatic carbocycles. The summed E-state index contributed by atoms with van der Waals surface area (Å²) >= 11 is 3.60. The maximum Gasteiger partial charge on any atom is 0.164 e. The molecule has 0 unspecified atom stereocenters. The van der Waals surface area contributed by atoms with E-state index in [0.717, 1.165) is 60.9 Å². The highest BCUT2D eigenvalue weighted by molar-refractivity contribution is 7.26. The Labute approximate surface area is 335 Å². The second kappa shape index (κ2) is 12.8. The quantitative estimate of drug-likeness (QED) is 0.175. The summed E-state index contributed by atoms with van der Waals surface area (Å²) in [6.07, 6.45) is 0. The highest BCUT2D eigenvalue weighted by Crippen LogP contribution is 2.43. The number of para-hydroxylation sites is 1. The molecule has 12 aromatic rings. The molecule has 0 N–H and O–H groups in total. The summed E-state index contributed by atoms with van der Waals surface area (Å²) in [5, 5.41) is 7.02. The van der Waals surface area contributed by atoms with E-state index in [0.29, 0.717) is 17.5 Å². The summed E-state index contributed by atoms with van der Waals surface area (Å²) in [6, 6.07) is 62.0. The number of thiophene rings is 2. The Morgan fingerprint density at radius 1 is 0.316 bits per heavy atom. The van der Waals surface area contributed by atoms with Crippen LogP contribution in [0, 0.1) is 0 Å². The fraction of sp³-hybridized carbons (Fsp3) is 0. The van der Waals surface area contributed by atoms with Crippen LogP contribution >= 0.6 is 22.7 Å². The second-order valence-corrected chi connectivity index (χ2v) is 16.5. The van der Waals surface area contributed by atoms with E-state index < -0.39 is 0 Å². The fourth-order valence-corrected chi connectivity index (χ4v) is 10.7. The van der Waals surface area contributed by atoms with Crippen molar-refractivity contribution in [3.8, 4) is 56.4 Å². The number of fused-ring (bicyclic) bond motifs is 9. The molecule has 0 radical (unpaired) electrons. The van der Waals surface area contributed by atoms with Gasteiger partial charge in [0.05, 0.1) is 0 Å². The van der Waals surface area contributed by atoms with Crippen molar-refractivity contribution >= 4 is 85.0 Å². The minimum Gasteiger partial charge on any atom is -0.456 e. The van der Waals surface area contributed by atoms with Gasteiger partial charge in [0.1, 0.15) is 11.2 Å². The maximum atomic E-state index is 6.24. The Morgan fingerprint density at radius 3 is 1.44 bits per heavy atom. The van der Waals surface area contributed by atoms with Gasteiger partial charge in [-0.15, -0.1) is 22.7 Å². The monoisotopic (exact) mass is 763 g/mol. The lowest BCUT2D eigenvalue weighted by Gasteiger charge is -2.12. The number of hydrogen-bond acceptors (Lipinski definition) is 6. The fourth-order valence-electron chi connectivity index (χ4n) is 8.39. The van der Waals surface area contributed by atoms with Crippen molar-refractivity contribution in [2.45, 2.75) is 0 Å². The van der Waals surface area contributed by atoms with Crippen LogP contribution in [0.5, 0.6) is 0 Å². The molecule has 0 fully saturated rings. The maximum absolute atomic E-state index is 6.24. The Hall–Kier alpha value is -6.99. The number of nitrogens with zero attached hydrogens (tertiary/aromatic N) is 3. The third kappa shape index (κ3) is 5.22. The van der Waals surface area contributed by atoms with E-state index in [-0.39, 0.29) is 0 Å². The first kappa shape index (κ1) is 32.3. The molecule has 4 heterocycles. The van der Waals surface area contributed by atoms with Crippen LogP contribution in [0.25, 0.3) is 119 Å². The molecule has 6 heteroatoms. The molecule has 57 heavy (non-hydrogen) atoms. The standard InChI is InChI=1S/C51H29N3OS2/c1-4-22-40-35(16-1)46-34(19-9-23-41(46)55-40)32-14-7-12-30(28-32)31-13-8-15-33(29-31)49-52-50(38-20-10-26-44-47(38)36-17-2-5-24-42(36)56-44)54-51(53-49)39-21-11-27-45-48(39)37-18-3-6-25-43(37)57-45/h1-29H. The van der Waals surface area contributed by atoms with Crippen molar-refractivity contribution in [1.29, 1.82) is 0 Å². The van der Waals surface area contributed by atoms with Crippen LogP contribution in [-0.2, 0) is 0 Å². The number of hydrogen-bond donors (Lipinski definition) is 0. The summed E-state index contributed by atoms with van der Waals surface area (Å²) in [6.45, 7) is 0. The van der Waals surface area contributed by atoms with Crippen molar-refractivity contribution in [2.24, 2.45) is 0 Å². The molecular weight excluding hydrogens is 735 g/mol. The van der Waals surface area contributed by atoms with Gasteiger partial charge in [-0.3, -0.25) is 0 Å². The summed E-state index contributed by atoms with van der Waals surface area (Å²) in [5.41, 5.74) is 9.18. The van der Waals surface area contributed by atoms with Crippen LogP contribution in [0.2, 0.25) is 0 Å². The third-order valence-electron chi connectivity index (χ3n) is 11.0. The predicted molar refractivity (Wildman–Crippen MR) is 240 cm³/mol. The van der Waals surface area contributed by atoms with Gasteiger partial charge in [0.15, 0.2) is 17.5 Å². The second-order valence-electron chi connectivity index (χ2n) is 14.3. The lowest BCUT2D eigenvalue weighted by Crippen LogP contribution is -2.01. The van der Waals surface area contributed by atoms with Gasteiger partial charge in [0.2, 0.25) is 0 Å². The van der Waals surface area contributed by atoms with Gasteiger partial charge in [-0.1, -0.05) is 127 Å². The first-order valence-corrected chi connectivity index (χ1v) is 20.6. The van der Waals surface area contributed by atoms with Crippen LogP contribution in [0.3, 0.4) is 0 Å². The molecule has 0 aliphatic heterocycles. The highest BCUT2D eigenvalue weighted by Gasteiger charge is 2.20. The molecule has 0 amide bonds. The molecule has 8 aromatic carbocycles. The lowest BCUT2D eigenvalue weighted by molar-refractivity contribution is 0.669. The van der Waals surface area contributed by atoms with Gasteiger partial charge in [-0.05, 0) is 70.8 Å². The van der Waals surface area contributed by atoms with E-state index in [1.54, 1.807) is 22.7 Å². The minimum atomic E-state index is 0.635. The van der Waals surface area contributed by atoms with E-state index in [9.17, 15) is 0 Å². The molecule has 0 saturated carbocycles. The molecule has 0 spiro atoms. The predicted octanol–water partition coefficient (Wildman–Crippen LogP) is 14.8. The number of furan rings is 1. The lowest BCUT2D eigenvalue weighted by atomic mass is 9.95. The zero-order valence-electron chi connectivity index (χ0n) is 30.3. The number of aromatic nitrogens is 3. The molecule has 0 bridgehead atoms. The van der Waals surface area contributed by atoms with E-state index in [4.69, 9.17) is 19.4 Å². The van der Waals surface area contributed by atoms with Crippen LogP contribution in [0.4, 0.5) is 0 Å². The smallest absolute Gasteiger partial charge is 0.164 e. The molecule has 266 valence electrons. The Kier molecular flexibility index (Phi) is 7.24. The number of benzene rings is 8. The van der Waals surface area contributed by atoms with Crippen molar-refractivity contribution < 1.29 is 4.42 Å². The summed E-state index contributed by atoms with van der Waals surface area (Å²) < 4.78 is 11.2. The van der Waals surface area contributed by atoms with Gasteiger partial charge >= 0.3 is 0 Å². The summed E-state index contributed by atoms with van der Waals surface area (Å²) in [5.74, 6) is 1.96. The van der Waals surface area contributed by atoms with Crippen LogP contribution in [0.1, 0.15) is 0 Å².